The van der Waals surface area contributed by atoms with Gasteiger partial charge in [0.05, 0.1) is 11.6 Å². The van der Waals surface area contributed by atoms with Crippen molar-refractivity contribution in [3.63, 3.8) is 0 Å². The first-order valence-electron chi connectivity index (χ1n) is 11.6. The van der Waals surface area contributed by atoms with Gasteiger partial charge in [0.15, 0.2) is 11.5 Å². The fourth-order valence-corrected chi connectivity index (χ4v) is 5.51. The highest BCUT2D eigenvalue weighted by atomic mass is 79.9. The summed E-state index contributed by atoms with van der Waals surface area (Å²) >= 11 is 3.44. The Morgan fingerprint density at radius 2 is 1.76 bits per heavy atom. The van der Waals surface area contributed by atoms with Gasteiger partial charge in [-0.3, -0.25) is 9.59 Å². The molecule has 2 aliphatic rings. The van der Waals surface area contributed by atoms with E-state index in [1.165, 1.54) is 0 Å². The molecule has 1 aliphatic carbocycles. The molecule has 0 saturated heterocycles. The summed E-state index contributed by atoms with van der Waals surface area (Å²) in [7, 11) is 3.92. The van der Waals surface area contributed by atoms with Crippen molar-refractivity contribution in [1.82, 2.24) is 4.90 Å². The van der Waals surface area contributed by atoms with Gasteiger partial charge < -0.3 is 19.3 Å². The molecule has 0 bridgehead atoms. The number of carbonyl (C=O) groups is 2. The van der Waals surface area contributed by atoms with Crippen molar-refractivity contribution in [2.45, 2.75) is 44.2 Å². The van der Waals surface area contributed by atoms with E-state index in [1.807, 2.05) is 55.4 Å². The van der Waals surface area contributed by atoms with Crippen LogP contribution in [0.5, 0.6) is 0 Å². The topological polar surface area (TPSA) is 74.0 Å². The van der Waals surface area contributed by atoms with Crippen molar-refractivity contribution < 1.29 is 19.1 Å². The van der Waals surface area contributed by atoms with Crippen molar-refractivity contribution in [2.75, 3.05) is 19.0 Å². The highest BCUT2D eigenvalue weighted by Gasteiger charge is 2.47. The number of fused-ring (bicyclic) bond motifs is 1. The molecule has 0 spiro atoms. The van der Waals surface area contributed by atoms with Gasteiger partial charge in [-0.15, -0.1) is 0 Å². The number of aliphatic hydroxyl groups excluding tert-OH is 1. The first-order chi connectivity index (χ1) is 16.3. The predicted molar refractivity (Wildman–Crippen MR) is 135 cm³/mol. The zero-order valence-corrected chi connectivity index (χ0v) is 20.8. The number of furan rings is 1. The average Bonchev–Trinajstić information content (AvgIpc) is 3.37. The largest absolute Gasteiger partial charge is 0.503 e. The van der Waals surface area contributed by atoms with Gasteiger partial charge in [0.1, 0.15) is 5.58 Å². The van der Waals surface area contributed by atoms with Crippen molar-refractivity contribution in [3.8, 4) is 0 Å². The minimum Gasteiger partial charge on any atom is -0.503 e. The Kier molecular flexibility index (Phi) is 5.98. The molecular formula is C27H27BrN2O4. The molecule has 1 fully saturated rings. The van der Waals surface area contributed by atoms with E-state index in [-0.39, 0.29) is 17.4 Å². The second kappa shape index (κ2) is 8.95. The number of halogens is 1. The highest BCUT2D eigenvalue weighted by Crippen LogP contribution is 2.43. The minimum absolute atomic E-state index is 0.0150. The van der Waals surface area contributed by atoms with Crippen LogP contribution in [0.1, 0.15) is 54.3 Å². The average molecular weight is 523 g/mol. The Labute approximate surface area is 207 Å². The molecule has 34 heavy (non-hydrogen) atoms. The summed E-state index contributed by atoms with van der Waals surface area (Å²) in [6.07, 6.45) is 4.93. The molecule has 1 saturated carbocycles. The fourth-order valence-electron chi connectivity index (χ4n) is 5.13. The number of carbonyl (C=O) groups excluding carboxylic acids is 2. The molecule has 2 aromatic carbocycles. The van der Waals surface area contributed by atoms with Crippen LogP contribution in [0.3, 0.4) is 0 Å². The number of nitrogens with zero attached hydrogens (tertiary/aromatic N) is 2. The lowest BCUT2D eigenvalue weighted by Gasteiger charge is -2.36. The van der Waals surface area contributed by atoms with Crippen LogP contribution >= 0.6 is 15.9 Å². The number of amides is 1. The van der Waals surface area contributed by atoms with Gasteiger partial charge in [-0.2, -0.15) is 0 Å². The number of ketones is 1. The molecular weight excluding hydrogens is 496 g/mol. The molecule has 0 radical (unpaired) electrons. The van der Waals surface area contributed by atoms with Crippen LogP contribution in [-0.2, 0) is 4.79 Å². The quantitative estimate of drug-likeness (QED) is 0.405. The van der Waals surface area contributed by atoms with E-state index in [0.717, 1.165) is 53.2 Å². The van der Waals surface area contributed by atoms with E-state index in [0.29, 0.717) is 5.58 Å². The van der Waals surface area contributed by atoms with E-state index in [2.05, 4.69) is 15.9 Å². The van der Waals surface area contributed by atoms with Crippen LogP contribution in [0, 0.1) is 0 Å². The molecule has 7 heteroatoms. The van der Waals surface area contributed by atoms with Crippen molar-refractivity contribution >= 4 is 44.3 Å². The third-order valence-electron chi connectivity index (χ3n) is 6.88. The molecule has 1 atom stereocenters. The molecule has 1 unspecified atom stereocenters. The van der Waals surface area contributed by atoms with Gasteiger partial charge in [-0.25, -0.2) is 0 Å². The van der Waals surface area contributed by atoms with Gasteiger partial charge in [-0.05, 0) is 54.8 Å². The van der Waals surface area contributed by atoms with Gasteiger partial charge in [0, 0.05) is 35.7 Å². The summed E-state index contributed by atoms with van der Waals surface area (Å²) in [5.41, 5.74) is 2.48. The number of aliphatic hydroxyl groups is 1. The Hall–Kier alpha value is -3.06. The number of hydrogen-bond acceptors (Lipinski definition) is 5. The Bertz CT molecular complexity index is 1290. The normalized spacial score (nSPS) is 19.3. The molecule has 6 nitrogen and oxygen atoms in total. The molecule has 176 valence electrons. The van der Waals surface area contributed by atoms with E-state index in [4.69, 9.17) is 4.42 Å². The maximum absolute atomic E-state index is 13.7. The molecule has 1 N–H and O–H groups in total. The van der Waals surface area contributed by atoms with Crippen LogP contribution in [0.25, 0.3) is 11.0 Å². The fraction of sp³-hybridized carbons (Fsp3) is 0.333. The standard InChI is InChI=1S/C27H27BrN2O4/c1-29(2)19-11-8-16(9-12-19)24-23(26(32)27(33)30(24)20-6-4-3-5-7-20)25(31)22-15-17-14-18(28)10-13-21(17)34-22/h8-15,20,24,32H,3-7H2,1-2H3. The van der Waals surface area contributed by atoms with E-state index in [1.54, 1.807) is 17.0 Å². The SMILES string of the molecule is CN(C)c1ccc(C2C(C(=O)c3cc4cc(Br)ccc4o3)=C(O)C(=O)N2C2CCCCC2)cc1. The lowest BCUT2D eigenvalue weighted by molar-refractivity contribution is -0.132. The molecule has 2 heterocycles. The Balaban J connectivity index is 1.59. The van der Waals surface area contributed by atoms with Crippen LogP contribution in [0.15, 0.2) is 68.8 Å². The first kappa shape index (κ1) is 22.7. The second-order valence-corrected chi connectivity index (χ2v) is 10.2. The summed E-state index contributed by atoms with van der Waals surface area (Å²) < 4.78 is 6.72. The van der Waals surface area contributed by atoms with Gasteiger partial charge in [-0.1, -0.05) is 47.3 Å². The molecule has 1 aromatic heterocycles. The summed E-state index contributed by atoms with van der Waals surface area (Å²) in [5, 5.41) is 11.8. The predicted octanol–water partition coefficient (Wildman–Crippen LogP) is 6.17. The van der Waals surface area contributed by atoms with E-state index >= 15 is 0 Å². The molecule has 5 rings (SSSR count). The van der Waals surface area contributed by atoms with E-state index in [9.17, 15) is 14.7 Å². The number of Topliss-reactive ketones (excluding diaryl/α,β-unsaturated/α-hetero) is 1. The summed E-state index contributed by atoms with van der Waals surface area (Å²) in [5.74, 6) is -1.30. The van der Waals surface area contributed by atoms with E-state index < -0.39 is 23.5 Å². The second-order valence-electron chi connectivity index (χ2n) is 9.28. The summed E-state index contributed by atoms with van der Waals surface area (Å²) in [6, 6.07) is 14.3. The minimum atomic E-state index is -0.653. The van der Waals surface area contributed by atoms with Crippen molar-refractivity contribution in [3.05, 3.63) is 75.7 Å². The highest BCUT2D eigenvalue weighted by molar-refractivity contribution is 9.10. The number of rotatable bonds is 5. The van der Waals surface area contributed by atoms with Crippen LogP contribution in [0.4, 0.5) is 5.69 Å². The zero-order valence-electron chi connectivity index (χ0n) is 19.3. The monoisotopic (exact) mass is 522 g/mol. The maximum atomic E-state index is 13.7. The van der Waals surface area contributed by atoms with Crippen LogP contribution < -0.4 is 4.90 Å². The lowest BCUT2D eigenvalue weighted by atomic mass is 9.90. The smallest absolute Gasteiger partial charge is 0.290 e. The zero-order chi connectivity index (χ0) is 24.0. The first-order valence-corrected chi connectivity index (χ1v) is 12.4. The Morgan fingerprint density at radius 3 is 2.44 bits per heavy atom. The Morgan fingerprint density at radius 1 is 1.06 bits per heavy atom. The number of anilines is 1. The van der Waals surface area contributed by atoms with Gasteiger partial charge >= 0.3 is 0 Å². The number of benzene rings is 2. The summed E-state index contributed by atoms with van der Waals surface area (Å²) in [6.45, 7) is 0. The van der Waals surface area contributed by atoms with Crippen LogP contribution in [-0.4, -0.2) is 41.8 Å². The summed E-state index contributed by atoms with van der Waals surface area (Å²) in [4.78, 5) is 30.8. The van der Waals surface area contributed by atoms with Crippen LogP contribution in [0.2, 0.25) is 0 Å². The van der Waals surface area contributed by atoms with Crippen molar-refractivity contribution in [2.24, 2.45) is 0 Å². The van der Waals surface area contributed by atoms with Gasteiger partial charge in [0.2, 0.25) is 5.78 Å². The third kappa shape index (κ3) is 3.92. The third-order valence-corrected chi connectivity index (χ3v) is 7.38. The van der Waals surface area contributed by atoms with Gasteiger partial charge in [0.25, 0.3) is 5.91 Å². The van der Waals surface area contributed by atoms with Crippen molar-refractivity contribution in [1.29, 1.82) is 0 Å². The lowest BCUT2D eigenvalue weighted by Crippen LogP contribution is -2.41. The molecule has 1 aliphatic heterocycles. The molecule has 1 amide bonds. The maximum Gasteiger partial charge on any atom is 0.290 e. The molecule has 3 aromatic rings. The number of hydrogen-bond donors (Lipinski definition) is 1.